The van der Waals surface area contributed by atoms with E-state index < -0.39 is 0 Å². The van der Waals surface area contributed by atoms with Gasteiger partial charge in [-0.25, -0.2) is 0 Å². The van der Waals surface area contributed by atoms with Gasteiger partial charge in [-0.1, -0.05) is 0 Å². The lowest BCUT2D eigenvalue weighted by Gasteiger charge is -2.27. The molecule has 18 heavy (non-hydrogen) atoms. The summed E-state index contributed by atoms with van der Waals surface area (Å²) in [4.78, 5) is 25.5. The van der Waals surface area contributed by atoms with Gasteiger partial charge in [0.05, 0.1) is 0 Å². The van der Waals surface area contributed by atoms with Crippen LogP contribution in [0.5, 0.6) is 0 Å². The Labute approximate surface area is 108 Å². The van der Waals surface area contributed by atoms with Crippen molar-refractivity contribution in [3.63, 3.8) is 0 Å². The zero-order valence-electron chi connectivity index (χ0n) is 10.9. The Hall–Kier alpha value is -1.06. The number of rotatable bonds is 2. The van der Waals surface area contributed by atoms with Gasteiger partial charge in [-0.2, -0.15) is 0 Å². The van der Waals surface area contributed by atoms with E-state index >= 15 is 0 Å². The summed E-state index contributed by atoms with van der Waals surface area (Å²) >= 11 is 0. The predicted octanol–water partition coefficient (Wildman–Crippen LogP) is 1.45. The topological polar surface area (TPSA) is 49.4 Å². The average molecular weight is 250 g/mol. The van der Waals surface area contributed by atoms with Crippen LogP contribution in [0.3, 0.4) is 0 Å². The Morgan fingerprint density at radius 3 is 2.78 bits per heavy atom. The average Bonchev–Trinajstić information content (AvgIpc) is 3.09. The first-order valence-electron chi connectivity index (χ1n) is 7.26. The maximum Gasteiger partial charge on any atom is 0.222 e. The molecule has 4 nitrogen and oxygen atoms in total. The number of amides is 2. The van der Waals surface area contributed by atoms with Gasteiger partial charge in [0, 0.05) is 31.5 Å². The monoisotopic (exact) mass is 250 g/mol. The zero-order chi connectivity index (χ0) is 12.6. The quantitative estimate of drug-likeness (QED) is 0.806. The normalized spacial score (nSPS) is 32.4. The number of nitrogens with one attached hydrogen (secondary N) is 1. The first-order chi connectivity index (χ1) is 8.67. The molecule has 1 spiro atoms. The smallest absolute Gasteiger partial charge is 0.222 e. The molecule has 0 aromatic rings. The third kappa shape index (κ3) is 2.52. The van der Waals surface area contributed by atoms with Gasteiger partial charge in [0.25, 0.3) is 0 Å². The summed E-state index contributed by atoms with van der Waals surface area (Å²) in [6.07, 6.45) is 7.84. The molecule has 1 aliphatic carbocycles. The molecule has 3 fully saturated rings. The molecule has 4 heteroatoms. The molecule has 1 atom stereocenters. The summed E-state index contributed by atoms with van der Waals surface area (Å²) in [5, 5.41) is 3.14. The van der Waals surface area contributed by atoms with Crippen LogP contribution in [0, 0.1) is 5.92 Å². The van der Waals surface area contributed by atoms with Crippen molar-refractivity contribution >= 4 is 11.8 Å². The van der Waals surface area contributed by atoms with Crippen LogP contribution in [0.2, 0.25) is 0 Å². The minimum absolute atomic E-state index is 0.00565. The predicted molar refractivity (Wildman–Crippen MR) is 67.9 cm³/mol. The zero-order valence-corrected chi connectivity index (χ0v) is 10.9. The second kappa shape index (κ2) is 4.56. The summed E-state index contributed by atoms with van der Waals surface area (Å²) in [7, 11) is 0. The van der Waals surface area contributed by atoms with Gasteiger partial charge in [0.15, 0.2) is 0 Å². The van der Waals surface area contributed by atoms with Crippen molar-refractivity contribution in [3.05, 3.63) is 0 Å². The van der Waals surface area contributed by atoms with Crippen molar-refractivity contribution in [3.8, 4) is 0 Å². The van der Waals surface area contributed by atoms with Crippen LogP contribution in [-0.2, 0) is 9.59 Å². The molecule has 100 valence electrons. The Bertz CT molecular complexity index is 365. The van der Waals surface area contributed by atoms with Crippen LogP contribution in [-0.4, -0.2) is 35.3 Å². The van der Waals surface area contributed by atoms with Crippen LogP contribution in [0.4, 0.5) is 0 Å². The molecule has 0 radical (unpaired) electrons. The molecular formula is C14H22N2O2. The molecule has 0 aromatic heterocycles. The molecule has 1 saturated carbocycles. The van der Waals surface area contributed by atoms with Crippen molar-refractivity contribution in [2.75, 3.05) is 13.1 Å². The SMILES string of the molecule is O=C1CCC2(CCCN(C(=O)CC3CC3)CC2)N1. The fourth-order valence-corrected chi connectivity index (χ4v) is 3.29. The van der Waals surface area contributed by atoms with Crippen molar-refractivity contribution in [2.45, 2.75) is 56.9 Å². The maximum atomic E-state index is 12.1. The Kier molecular flexibility index (Phi) is 3.04. The molecule has 3 rings (SSSR count). The lowest BCUT2D eigenvalue weighted by molar-refractivity contribution is -0.131. The molecule has 1 unspecified atom stereocenters. The first-order valence-corrected chi connectivity index (χ1v) is 7.26. The lowest BCUT2D eigenvalue weighted by Crippen LogP contribution is -2.42. The minimum Gasteiger partial charge on any atom is -0.351 e. The number of hydrogen-bond acceptors (Lipinski definition) is 2. The number of nitrogens with zero attached hydrogens (tertiary/aromatic N) is 1. The van der Waals surface area contributed by atoms with Crippen LogP contribution in [0.25, 0.3) is 0 Å². The highest BCUT2D eigenvalue weighted by atomic mass is 16.2. The number of hydrogen-bond donors (Lipinski definition) is 1. The Balaban J connectivity index is 1.57. The Morgan fingerprint density at radius 1 is 1.28 bits per heavy atom. The van der Waals surface area contributed by atoms with Gasteiger partial charge >= 0.3 is 0 Å². The van der Waals surface area contributed by atoms with Crippen LogP contribution in [0.1, 0.15) is 51.4 Å². The summed E-state index contributed by atoms with van der Waals surface area (Å²) in [5.41, 5.74) is 0.00565. The second-order valence-corrected chi connectivity index (χ2v) is 6.21. The van der Waals surface area contributed by atoms with Gasteiger partial charge in [-0.15, -0.1) is 0 Å². The van der Waals surface area contributed by atoms with E-state index in [0.717, 1.165) is 45.2 Å². The van der Waals surface area contributed by atoms with Gasteiger partial charge in [-0.05, 0) is 44.4 Å². The third-order valence-electron chi connectivity index (χ3n) is 4.69. The molecule has 2 aliphatic heterocycles. The Morgan fingerprint density at radius 2 is 2.11 bits per heavy atom. The fraction of sp³-hybridized carbons (Fsp3) is 0.857. The molecular weight excluding hydrogens is 228 g/mol. The van der Waals surface area contributed by atoms with Gasteiger partial charge in [0.2, 0.25) is 11.8 Å². The summed E-state index contributed by atoms with van der Waals surface area (Å²) in [6, 6.07) is 0. The van der Waals surface area contributed by atoms with E-state index in [1.165, 1.54) is 12.8 Å². The van der Waals surface area contributed by atoms with Crippen LogP contribution >= 0.6 is 0 Å². The summed E-state index contributed by atoms with van der Waals surface area (Å²) in [6.45, 7) is 1.70. The van der Waals surface area contributed by atoms with Crippen molar-refractivity contribution in [1.82, 2.24) is 10.2 Å². The fourth-order valence-electron chi connectivity index (χ4n) is 3.29. The van der Waals surface area contributed by atoms with E-state index in [0.29, 0.717) is 18.2 Å². The third-order valence-corrected chi connectivity index (χ3v) is 4.69. The lowest BCUT2D eigenvalue weighted by atomic mass is 9.89. The van der Waals surface area contributed by atoms with E-state index in [4.69, 9.17) is 0 Å². The molecule has 0 bridgehead atoms. The molecule has 0 aromatic carbocycles. The van der Waals surface area contributed by atoms with Crippen LogP contribution in [0.15, 0.2) is 0 Å². The first kappa shape index (κ1) is 12.0. The number of likely N-dealkylation sites (tertiary alicyclic amines) is 1. The highest BCUT2D eigenvalue weighted by Gasteiger charge is 2.39. The van der Waals surface area contributed by atoms with Crippen molar-refractivity contribution in [1.29, 1.82) is 0 Å². The molecule has 1 N–H and O–H groups in total. The van der Waals surface area contributed by atoms with E-state index in [-0.39, 0.29) is 11.4 Å². The van der Waals surface area contributed by atoms with Crippen molar-refractivity contribution < 1.29 is 9.59 Å². The van der Waals surface area contributed by atoms with Gasteiger partial charge in [0.1, 0.15) is 0 Å². The van der Waals surface area contributed by atoms with Gasteiger partial charge in [-0.3, -0.25) is 9.59 Å². The highest BCUT2D eigenvalue weighted by Crippen LogP contribution is 2.34. The molecule has 2 heterocycles. The standard InChI is InChI=1S/C14H22N2O2/c17-12-4-6-14(15-12)5-1-8-16(9-7-14)13(18)10-11-2-3-11/h11H,1-10H2,(H,15,17). The van der Waals surface area contributed by atoms with Gasteiger partial charge < -0.3 is 10.2 Å². The minimum atomic E-state index is 0.00565. The van der Waals surface area contributed by atoms with Crippen LogP contribution < -0.4 is 5.32 Å². The number of carbonyl (C=O) groups is 2. The molecule has 2 saturated heterocycles. The van der Waals surface area contributed by atoms with Crippen molar-refractivity contribution in [2.24, 2.45) is 5.92 Å². The van der Waals surface area contributed by atoms with E-state index in [9.17, 15) is 9.59 Å². The summed E-state index contributed by atoms with van der Waals surface area (Å²) in [5.74, 6) is 1.19. The molecule has 3 aliphatic rings. The number of carbonyl (C=O) groups excluding carboxylic acids is 2. The molecule has 2 amide bonds. The van der Waals surface area contributed by atoms with E-state index in [2.05, 4.69) is 5.32 Å². The van der Waals surface area contributed by atoms with E-state index in [1.54, 1.807) is 0 Å². The maximum absolute atomic E-state index is 12.1. The largest absolute Gasteiger partial charge is 0.351 e. The van der Waals surface area contributed by atoms with E-state index in [1.807, 2.05) is 4.90 Å². The second-order valence-electron chi connectivity index (χ2n) is 6.21. The highest BCUT2D eigenvalue weighted by molar-refractivity contribution is 5.79. The summed E-state index contributed by atoms with van der Waals surface area (Å²) < 4.78 is 0.